The van der Waals surface area contributed by atoms with Gasteiger partial charge in [-0.2, -0.15) is 0 Å². The first kappa shape index (κ1) is 20.8. The van der Waals surface area contributed by atoms with Crippen LogP contribution in [0, 0.1) is 0 Å². The molecule has 6 heteroatoms. The van der Waals surface area contributed by atoms with Gasteiger partial charge in [0.2, 0.25) is 0 Å². The lowest BCUT2D eigenvalue weighted by molar-refractivity contribution is -0.0893. The Balaban J connectivity index is 0.00000117. The maximum atomic E-state index is 10.2. The van der Waals surface area contributed by atoms with E-state index in [9.17, 15) is 5.11 Å². The Morgan fingerprint density at radius 3 is 2.54 bits per heavy atom. The number of nitrogens with zero attached hydrogens (tertiary/aromatic N) is 1. The summed E-state index contributed by atoms with van der Waals surface area (Å²) in [5.74, 6) is 0. The van der Waals surface area contributed by atoms with Crippen LogP contribution in [-0.4, -0.2) is 28.8 Å². The molecular weight excluding hydrogens is 343 g/mol. The van der Waals surface area contributed by atoms with E-state index < -0.39 is 11.2 Å². The third-order valence-corrected chi connectivity index (χ3v) is 5.64. The number of anilines is 1. The fourth-order valence-corrected chi connectivity index (χ4v) is 3.25. The molecule has 0 aliphatic carbocycles. The molecule has 0 spiro atoms. The predicted molar refractivity (Wildman–Crippen MR) is 111 cm³/mol. The molecule has 0 saturated heterocycles. The van der Waals surface area contributed by atoms with Crippen molar-refractivity contribution in [2.45, 2.75) is 63.1 Å². The van der Waals surface area contributed by atoms with Crippen molar-refractivity contribution in [1.29, 1.82) is 0 Å². The summed E-state index contributed by atoms with van der Waals surface area (Å²) in [6.07, 6.45) is 1.81. The Kier molecular flexibility index (Phi) is 6.77. The first-order valence-corrected chi connectivity index (χ1v) is 9.86. The fraction of sp³-hybridized carbons (Fsp3) is 0.450. The quantitative estimate of drug-likeness (QED) is 0.774. The second-order valence-electron chi connectivity index (χ2n) is 6.97. The van der Waals surface area contributed by atoms with Crippen LogP contribution < -0.4 is 10.8 Å². The van der Waals surface area contributed by atoms with Crippen molar-refractivity contribution in [3.63, 3.8) is 0 Å². The van der Waals surface area contributed by atoms with Gasteiger partial charge >= 0.3 is 7.48 Å². The summed E-state index contributed by atoms with van der Waals surface area (Å²) < 4.78 is 5.84. The highest BCUT2D eigenvalue weighted by Crippen LogP contribution is 2.44. The lowest BCUT2D eigenvalue weighted by Gasteiger charge is -2.37. The van der Waals surface area contributed by atoms with Crippen LogP contribution in [0.5, 0.6) is 0 Å². The standard InChI is InChI=1S/C18H22BN2O2S.C2H6/c1-17(2,22)18(3,4)23-19-13-8-5-7-12(11-13)15-21-14-9-6-10-20-16(14)24-15;1-2/h5-11,15,21-22H,1-4H3;1-2H3. The highest BCUT2D eigenvalue weighted by Gasteiger charge is 2.35. The van der Waals surface area contributed by atoms with Crippen LogP contribution in [0.3, 0.4) is 0 Å². The summed E-state index contributed by atoms with van der Waals surface area (Å²) in [6, 6.07) is 12.2. The van der Waals surface area contributed by atoms with E-state index in [-0.39, 0.29) is 5.37 Å². The molecule has 1 aromatic heterocycles. The highest BCUT2D eigenvalue weighted by atomic mass is 32.2. The molecule has 139 valence electrons. The molecule has 1 aliphatic heterocycles. The summed E-state index contributed by atoms with van der Waals surface area (Å²) >= 11 is 1.71. The third kappa shape index (κ3) is 4.81. The Morgan fingerprint density at radius 2 is 1.88 bits per heavy atom. The van der Waals surface area contributed by atoms with Gasteiger partial charge in [-0.1, -0.05) is 55.3 Å². The topological polar surface area (TPSA) is 54.4 Å². The van der Waals surface area contributed by atoms with Crippen LogP contribution in [0.25, 0.3) is 0 Å². The molecule has 1 aliphatic rings. The van der Waals surface area contributed by atoms with E-state index >= 15 is 0 Å². The van der Waals surface area contributed by atoms with Gasteiger partial charge in [0.1, 0.15) is 10.4 Å². The monoisotopic (exact) mass is 371 g/mol. The van der Waals surface area contributed by atoms with E-state index in [0.717, 1.165) is 21.7 Å². The van der Waals surface area contributed by atoms with Crippen molar-refractivity contribution in [1.82, 2.24) is 4.98 Å². The average Bonchev–Trinajstić information content (AvgIpc) is 3.05. The number of thioether (sulfide) groups is 1. The average molecular weight is 371 g/mol. The molecule has 26 heavy (non-hydrogen) atoms. The minimum atomic E-state index is -0.933. The summed E-state index contributed by atoms with van der Waals surface area (Å²) in [6.45, 7) is 11.3. The van der Waals surface area contributed by atoms with E-state index in [0.29, 0.717) is 0 Å². The van der Waals surface area contributed by atoms with Gasteiger partial charge in [-0.3, -0.25) is 0 Å². The summed E-state index contributed by atoms with van der Waals surface area (Å²) in [5, 5.41) is 14.8. The largest absolute Gasteiger partial charge is 0.427 e. The van der Waals surface area contributed by atoms with Crippen LogP contribution in [0.4, 0.5) is 5.69 Å². The number of rotatable bonds is 5. The van der Waals surface area contributed by atoms with Crippen LogP contribution >= 0.6 is 11.8 Å². The van der Waals surface area contributed by atoms with Crippen LogP contribution in [0.15, 0.2) is 47.6 Å². The smallest absolute Gasteiger partial charge is 0.330 e. The molecule has 2 aromatic rings. The van der Waals surface area contributed by atoms with E-state index in [1.165, 1.54) is 0 Å². The van der Waals surface area contributed by atoms with E-state index in [4.69, 9.17) is 4.65 Å². The van der Waals surface area contributed by atoms with Gasteiger partial charge < -0.3 is 15.1 Å². The van der Waals surface area contributed by atoms with Gasteiger partial charge in [0.25, 0.3) is 0 Å². The molecule has 1 radical (unpaired) electrons. The molecule has 1 aromatic carbocycles. The lowest BCUT2D eigenvalue weighted by Crippen LogP contribution is -2.49. The molecule has 0 bridgehead atoms. The molecule has 0 saturated carbocycles. The molecule has 4 nitrogen and oxygen atoms in total. The van der Waals surface area contributed by atoms with Gasteiger partial charge in [-0.25, -0.2) is 4.98 Å². The molecule has 2 N–H and O–H groups in total. The Morgan fingerprint density at radius 1 is 1.15 bits per heavy atom. The van der Waals surface area contributed by atoms with Crippen molar-refractivity contribution in [2.75, 3.05) is 5.32 Å². The number of benzene rings is 1. The van der Waals surface area contributed by atoms with Gasteiger partial charge in [-0.15, -0.1) is 0 Å². The Labute approximate surface area is 162 Å². The van der Waals surface area contributed by atoms with Crippen LogP contribution in [0.1, 0.15) is 52.5 Å². The summed E-state index contributed by atoms with van der Waals surface area (Å²) in [7, 11) is 1.71. The number of hydrogen-bond donors (Lipinski definition) is 2. The zero-order valence-electron chi connectivity index (χ0n) is 16.4. The first-order valence-electron chi connectivity index (χ1n) is 8.98. The van der Waals surface area contributed by atoms with Crippen LogP contribution in [-0.2, 0) is 4.65 Å². The summed E-state index contributed by atoms with van der Waals surface area (Å²) in [4.78, 5) is 4.39. The molecular formula is C20H28BN2O2S. The SMILES string of the molecule is CC.CC(C)(O)C(C)(C)O[B]c1cccc(C2Nc3cccnc3S2)c1. The normalized spacial score (nSPS) is 16.2. The van der Waals surface area contributed by atoms with E-state index in [2.05, 4.69) is 22.4 Å². The number of pyridine rings is 1. The number of nitrogens with one attached hydrogen (secondary N) is 1. The Bertz CT molecular complexity index is 707. The first-order chi connectivity index (χ1) is 12.3. The molecule has 2 heterocycles. The van der Waals surface area contributed by atoms with Crippen molar-refractivity contribution in [3.8, 4) is 0 Å². The minimum Gasteiger partial charge on any atom is -0.427 e. The second-order valence-corrected chi connectivity index (χ2v) is 8.07. The number of fused-ring (bicyclic) bond motifs is 1. The van der Waals surface area contributed by atoms with Gasteiger partial charge in [0.05, 0.1) is 16.9 Å². The van der Waals surface area contributed by atoms with Gasteiger partial charge in [0.15, 0.2) is 0 Å². The molecule has 1 unspecified atom stereocenters. The van der Waals surface area contributed by atoms with Crippen molar-refractivity contribution < 1.29 is 9.76 Å². The number of aliphatic hydroxyl groups is 1. The fourth-order valence-electron chi connectivity index (χ4n) is 2.18. The van der Waals surface area contributed by atoms with Crippen molar-refractivity contribution in [2.24, 2.45) is 0 Å². The minimum absolute atomic E-state index is 0.144. The molecule has 0 fully saturated rings. The number of hydrogen-bond acceptors (Lipinski definition) is 5. The second kappa shape index (κ2) is 8.46. The Hall–Kier alpha value is -1.50. The summed E-state index contributed by atoms with van der Waals surface area (Å²) in [5.41, 5.74) is 1.59. The maximum absolute atomic E-state index is 10.2. The van der Waals surface area contributed by atoms with E-state index in [1.807, 2.05) is 58.2 Å². The highest BCUT2D eigenvalue weighted by molar-refractivity contribution is 8.00. The van der Waals surface area contributed by atoms with Crippen molar-refractivity contribution >= 4 is 30.4 Å². The predicted octanol–water partition coefficient (Wildman–Crippen LogP) is 4.13. The molecule has 1 atom stereocenters. The van der Waals surface area contributed by atoms with E-state index in [1.54, 1.807) is 33.1 Å². The maximum Gasteiger partial charge on any atom is 0.330 e. The van der Waals surface area contributed by atoms with Crippen LogP contribution in [0.2, 0.25) is 0 Å². The van der Waals surface area contributed by atoms with Gasteiger partial charge in [0, 0.05) is 6.20 Å². The number of aromatic nitrogens is 1. The van der Waals surface area contributed by atoms with Gasteiger partial charge in [-0.05, 0) is 45.4 Å². The third-order valence-electron chi connectivity index (χ3n) is 4.46. The molecule has 0 amide bonds. The zero-order chi connectivity index (χ0) is 19.4. The lowest BCUT2D eigenvalue weighted by atomic mass is 9.82. The molecule has 3 rings (SSSR count). The van der Waals surface area contributed by atoms with Crippen molar-refractivity contribution in [3.05, 3.63) is 48.2 Å². The zero-order valence-corrected chi connectivity index (χ0v) is 17.2.